The molecule has 11 heteroatoms. The second-order valence-corrected chi connectivity index (χ2v) is 12.5. The van der Waals surface area contributed by atoms with Crippen molar-refractivity contribution in [1.82, 2.24) is 4.57 Å². The Hall–Kier alpha value is -3.86. The van der Waals surface area contributed by atoms with E-state index in [4.69, 9.17) is 30.5 Å². The smallest absolute Gasteiger partial charge is 0.338 e. The van der Waals surface area contributed by atoms with Gasteiger partial charge in [0.2, 0.25) is 0 Å². The van der Waals surface area contributed by atoms with Gasteiger partial charge in [-0.15, -0.1) is 0 Å². The van der Waals surface area contributed by atoms with Crippen molar-refractivity contribution in [1.29, 1.82) is 0 Å². The van der Waals surface area contributed by atoms with Crippen molar-refractivity contribution in [2.24, 2.45) is 4.99 Å². The van der Waals surface area contributed by atoms with Crippen molar-refractivity contribution < 1.29 is 23.7 Å². The third-order valence-electron chi connectivity index (χ3n) is 6.90. The molecular formula is C33H30BrClN2O6S. The molecule has 0 fully saturated rings. The maximum absolute atomic E-state index is 14.1. The number of benzene rings is 3. The fourth-order valence-electron chi connectivity index (χ4n) is 4.89. The van der Waals surface area contributed by atoms with E-state index in [-0.39, 0.29) is 23.8 Å². The lowest BCUT2D eigenvalue weighted by Gasteiger charge is -2.26. The molecule has 0 saturated carbocycles. The number of ether oxygens (including phenoxy) is 4. The fraction of sp³-hybridized carbons (Fsp3) is 0.242. The first-order valence-corrected chi connectivity index (χ1v) is 15.7. The molecule has 44 heavy (non-hydrogen) atoms. The zero-order valence-electron chi connectivity index (χ0n) is 24.7. The van der Waals surface area contributed by atoms with Gasteiger partial charge in [-0.05, 0) is 68.8 Å². The summed E-state index contributed by atoms with van der Waals surface area (Å²) in [5.41, 5.74) is 2.64. The van der Waals surface area contributed by atoms with E-state index in [2.05, 4.69) is 20.9 Å². The van der Waals surface area contributed by atoms with Crippen LogP contribution in [0.15, 0.2) is 86.2 Å². The number of carbonyl (C=O) groups excluding carboxylic acids is 1. The van der Waals surface area contributed by atoms with E-state index in [0.717, 1.165) is 15.6 Å². The van der Waals surface area contributed by atoms with Crippen LogP contribution < -0.4 is 29.1 Å². The first-order chi connectivity index (χ1) is 21.1. The first kappa shape index (κ1) is 31.6. The molecule has 0 unspecified atom stereocenters. The van der Waals surface area contributed by atoms with E-state index in [1.807, 2.05) is 42.5 Å². The third-order valence-corrected chi connectivity index (χ3v) is 8.74. The highest BCUT2D eigenvalue weighted by Gasteiger charge is 2.35. The average molecular weight is 698 g/mol. The summed E-state index contributed by atoms with van der Waals surface area (Å²) >= 11 is 11.0. The van der Waals surface area contributed by atoms with Crippen molar-refractivity contribution in [3.8, 4) is 17.2 Å². The SMILES string of the molecule is COc1cc(/C=c2\sc3n(c2=O)[C@H](c2cc(Br)ccc2OC)C(C(=O)OC(C)C)=C(C)N=3)ccc1OCc1ccccc1Cl. The number of nitrogens with zero attached hydrogens (tertiary/aromatic N) is 2. The quantitative estimate of drug-likeness (QED) is 0.194. The van der Waals surface area contributed by atoms with E-state index in [1.54, 1.807) is 59.3 Å². The summed E-state index contributed by atoms with van der Waals surface area (Å²) in [6.07, 6.45) is 1.41. The summed E-state index contributed by atoms with van der Waals surface area (Å²) in [6, 6.07) is 17.6. The number of hydrogen-bond donors (Lipinski definition) is 0. The Morgan fingerprint density at radius 2 is 1.80 bits per heavy atom. The number of halogens is 2. The van der Waals surface area contributed by atoms with Gasteiger partial charge < -0.3 is 18.9 Å². The van der Waals surface area contributed by atoms with E-state index in [9.17, 15) is 9.59 Å². The largest absolute Gasteiger partial charge is 0.496 e. The van der Waals surface area contributed by atoms with Gasteiger partial charge in [-0.3, -0.25) is 9.36 Å². The summed E-state index contributed by atoms with van der Waals surface area (Å²) in [7, 11) is 3.11. The number of carbonyl (C=O) groups is 1. The predicted molar refractivity (Wildman–Crippen MR) is 174 cm³/mol. The second-order valence-electron chi connectivity index (χ2n) is 10.2. The Bertz CT molecular complexity index is 1950. The third kappa shape index (κ3) is 6.47. The summed E-state index contributed by atoms with van der Waals surface area (Å²) in [5, 5.41) is 0.619. The molecule has 1 aromatic heterocycles. The predicted octanol–water partition coefficient (Wildman–Crippen LogP) is 6.20. The molecule has 1 aliphatic rings. The standard InChI is InChI=1S/C33H30BrClN2O6S/c1-18(2)43-32(39)29-19(3)36-33-37(30(29)23-16-22(34)11-13-25(23)40-4)31(38)28(44-33)15-20-10-12-26(27(14-20)41-5)42-17-21-8-6-7-9-24(21)35/h6-16,18,30H,17H2,1-5H3/b28-15-/t30-/m1/s1. The first-order valence-electron chi connectivity index (χ1n) is 13.7. The lowest BCUT2D eigenvalue weighted by molar-refractivity contribution is -0.143. The number of aromatic nitrogens is 1. The molecular weight excluding hydrogens is 668 g/mol. The van der Waals surface area contributed by atoms with Gasteiger partial charge in [-0.1, -0.05) is 63.1 Å². The summed E-state index contributed by atoms with van der Waals surface area (Å²) in [5.74, 6) is 1.02. The summed E-state index contributed by atoms with van der Waals surface area (Å²) in [4.78, 5) is 32.6. The number of esters is 1. The lowest BCUT2D eigenvalue weighted by Crippen LogP contribution is -2.40. The molecule has 0 saturated heterocycles. The average Bonchev–Trinajstić information content (AvgIpc) is 3.29. The Labute approximate surface area is 272 Å². The highest BCUT2D eigenvalue weighted by molar-refractivity contribution is 9.10. The van der Waals surface area contributed by atoms with Crippen LogP contribution in [0, 0.1) is 0 Å². The van der Waals surface area contributed by atoms with Crippen LogP contribution >= 0.6 is 38.9 Å². The fourth-order valence-corrected chi connectivity index (χ4v) is 6.50. The molecule has 3 aromatic carbocycles. The molecule has 0 spiro atoms. The molecule has 4 aromatic rings. The van der Waals surface area contributed by atoms with Gasteiger partial charge in [0.05, 0.1) is 36.1 Å². The number of allylic oxidation sites excluding steroid dienone is 1. The molecule has 1 atom stereocenters. The Morgan fingerprint density at radius 1 is 1.07 bits per heavy atom. The van der Waals surface area contributed by atoms with Gasteiger partial charge in [-0.25, -0.2) is 9.79 Å². The van der Waals surface area contributed by atoms with Gasteiger partial charge in [0.15, 0.2) is 16.3 Å². The van der Waals surface area contributed by atoms with Crippen LogP contribution in [0.1, 0.15) is 43.5 Å². The Morgan fingerprint density at radius 3 is 2.50 bits per heavy atom. The van der Waals surface area contributed by atoms with E-state index in [1.165, 1.54) is 15.9 Å². The van der Waals surface area contributed by atoms with E-state index >= 15 is 0 Å². The van der Waals surface area contributed by atoms with Crippen LogP contribution in [0.4, 0.5) is 0 Å². The van der Waals surface area contributed by atoms with E-state index < -0.39 is 12.0 Å². The minimum Gasteiger partial charge on any atom is -0.496 e. The highest BCUT2D eigenvalue weighted by Crippen LogP contribution is 2.37. The second kappa shape index (κ2) is 13.4. The van der Waals surface area contributed by atoms with Crippen LogP contribution in [0.2, 0.25) is 5.02 Å². The molecule has 1 aliphatic heterocycles. The van der Waals surface area contributed by atoms with Crippen LogP contribution in [0.5, 0.6) is 17.2 Å². The van der Waals surface area contributed by atoms with Crippen molar-refractivity contribution >= 4 is 50.9 Å². The monoisotopic (exact) mass is 696 g/mol. The van der Waals surface area contributed by atoms with Crippen molar-refractivity contribution in [3.63, 3.8) is 0 Å². The van der Waals surface area contributed by atoms with Crippen LogP contribution in [0.3, 0.4) is 0 Å². The molecule has 0 amide bonds. The van der Waals surface area contributed by atoms with Gasteiger partial charge in [-0.2, -0.15) is 0 Å². The normalized spacial score (nSPS) is 14.7. The molecule has 0 bridgehead atoms. The number of thiazole rings is 1. The molecule has 0 radical (unpaired) electrons. The summed E-state index contributed by atoms with van der Waals surface area (Å²) < 4.78 is 25.6. The molecule has 0 N–H and O–H groups in total. The topological polar surface area (TPSA) is 88.4 Å². The zero-order valence-corrected chi connectivity index (χ0v) is 27.9. The summed E-state index contributed by atoms with van der Waals surface area (Å²) in [6.45, 7) is 5.57. The van der Waals surface area contributed by atoms with Gasteiger partial charge in [0.25, 0.3) is 5.56 Å². The lowest BCUT2D eigenvalue weighted by atomic mass is 9.95. The maximum Gasteiger partial charge on any atom is 0.338 e. The van der Waals surface area contributed by atoms with Crippen LogP contribution in [0.25, 0.3) is 6.08 Å². The number of methoxy groups -OCH3 is 2. The number of fused-ring (bicyclic) bond motifs is 1. The van der Waals surface area contributed by atoms with Gasteiger partial charge in [0.1, 0.15) is 18.4 Å². The minimum absolute atomic E-state index is 0.272. The molecule has 8 nitrogen and oxygen atoms in total. The minimum atomic E-state index is -0.817. The number of rotatable bonds is 9. The maximum atomic E-state index is 14.1. The van der Waals surface area contributed by atoms with Crippen LogP contribution in [-0.2, 0) is 16.1 Å². The Balaban J connectivity index is 1.59. The van der Waals surface area contributed by atoms with Gasteiger partial charge in [0, 0.05) is 20.6 Å². The van der Waals surface area contributed by atoms with Crippen molar-refractivity contribution in [3.05, 3.63) is 118 Å². The molecule has 2 heterocycles. The molecule has 0 aliphatic carbocycles. The van der Waals surface area contributed by atoms with Gasteiger partial charge >= 0.3 is 5.97 Å². The van der Waals surface area contributed by atoms with Crippen molar-refractivity contribution in [2.45, 2.75) is 39.5 Å². The zero-order chi connectivity index (χ0) is 31.5. The number of hydrogen-bond acceptors (Lipinski definition) is 8. The molecule has 228 valence electrons. The van der Waals surface area contributed by atoms with E-state index in [0.29, 0.717) is 42.9 Å². The highest BCUT2D eigenvalue weighted by atomic mass is 79.9. The molecule has 5 rings (SSSR count). The van der Waals surface area contributed by atoms with Crippen LogP contribution in [-0.4, -0.2) is 30.9 Å². The van der Waals surface area contributed by atoms with Crippen molar-refractivity contribution in [2.75, 3.05) is 14.2 Å². The Kier molecular flexibility index (Phi) is 9.62.